The number of hydrogen-bond acceptors (Lipinski definition) is 3. The predicted octanol–water partition coefficient (Wildman–Crippen LogP) is 3.85. The van der Waals surface area contributed by atoms with Crippen molar-refractivity contribution in [1.29, 1.82) is 0 Å². The molecule has 0 atom stereocenters. The lowest BCUT2D eigenvalue weighted by Crippen LogP contribution is -2.17. The van der Waals surface area contributed by atoms with E-state index in [0.29, 0.717) is 11.3 Å². The second-order valence-electron chi connectivity index (χ2n) is 3.39. The predicted molar refractivity (Wildman–Crippen MR) is 57.4 cm³/mol. The monoisotopic (exact) mass is 258 g/mol. The van der Waals surface area contributed by atoms with Crippen molar-refractivity contribution >= 4 is 0 Å². The average Bonchev–Trinajstić information content (AvgIpc) is 2.80. The van der Waals surface area contributed by atoms with E-state index >= 15 is 0 Å². The molecule has 0 bridgehead atoms. The molecule has 1 aromatic carbocycles. The third-order valence-electron chi connectivity index (χ3n) is 2.20. The fraction of sp³-hybridized carbons (Fsp3) is 0.167. The third kappa shape index (κ3) is 2.77. The number of halogens is 3. The van der Waals surface area contributed by atoms with E-state index < -0.39 is 12.1 Å². The van der Waals surface area contributed by atoms with Crippen LogP contribution in [0.4, 0.5) is 13.2 Å². The summed E-state index contributed by atoms with van der Waals surface area (Å²) in [4.78, 5) is 0. The summed E-state index contributed by atoms with van der Waals surface area (Å²) < 4.78 is 50.5. The zero-order chi connectivity index (χ0) is 13.2. The summed E-state index contributed by atoms with van der Waals surface area (Å²) in [6.45, 7) is 0. The van der Waals surface area contributed by atoms with Gasteiger partial charge in [-0.25, -0.2) is 0 Å². The van der Waals surface area contributed by atoms with E-state index in [1.165, 1.54) is 25.5 Å². The molecule has 0 radical (unpaired) electrons. The number of benzene rings is 1. The highest BCUT2D eigenvalue weighted by molar-refractivity contribution is 5.62. The molecule has 0 aliphatic rings. The summed E-state index contributed by atoms with van der Waals surface area (Å²) in [5, 5.41) is 0. The van der Waals surface area contributed by atoms with Gasteiger partial charge < -0.3 is 13.9 Å². The van der Waals surface area contributed by atoms with E-state index in [9.17, 15) is 13.2 Å². The van der Waals surface area contributed by atoms with Gasteiger partial charge in [0.1, 0.15) is 5.76 Å². The van der Waals surface area contributed by atoms with Gasteiger partial charge in [-0.2, -0.15) is 0 Å². The Morgan fingerprint density at radius 1 is 1.11 bits per heavy atom. The van der Waals surface area contributed by atoms with Crippen molar-refractivity contribution in [3.8, 4) is 22.8 Å². The molecule has 0 amide bonds. The first kappa shape index (κ1) is 12.3. The molecule has 0 spiro atoms. The van der Waals surface area contributed by atoms with E-state index in [-0.39, 0.29) is 5.75 Å². The summed E-state index contributed by atoms with van der Waals surface area (Å²) in [5.41, 5.74) is 0.472. The average molecular weight is 258 g/mol. The number of ether oxygens (including phenoxy) is 2. The van der Waals surface area contributed by atoms with Crippen molar-refractivity contribution < 1.29 is 27.1 Å². The first-order valence-corrected chi connectivity index (χ1v) is 4.97. The molecule has 2 aromatic rings. The molecule has 0 aliphatic carbocycles. The van der Waals surface area contributed by atoms with Gasteiger partial charge in [-0.3, -0.25) is 0 Å². The summed E-state index contributed by atoms with van der Waals surface area (Å²) in [5.74, 6) is 0.0474. The van der Waals surface area contributed by atoms with Crippen molar-refractivity contribution in [1.82, 2.24) is 0 Å². The number of methoxy groups -OCH3 is 1. The highest BCUT2D eigenvalue weighted by Crippen LogP contribution is 2.35. The van der Waals surface area contributed by atoms with Gasteiger partial charge in [-0.15, -0.1) is 13.2 Å². The van der Waals surface area contributed by atoms with Crippen molar-refractivity contribution in [3.05, 3.63) is 36.6 Å². The van der Waals surface area contributed by atoms with E-state index in [2.05, 4.69) is 4.74 Å². The van der Waals surface area contributed by atoms with E-state index in [1.807, 2.05) is 0 Å². The molecule has 96 valence electrons. The Labute approximate surface area is 101 Å². The molecule has 0 unspecified atom stereocenters. The molecular formula is C12H9F3O3. The molecule has 0 saturated heterocycles. The zero-order valence-electron chi connectivity index (χ0n) is 9.32. The second-order valence-corrected chi connectivity index (χ2v) is 3.39. The smallest absolute Gasteiger partial charge is 0.493 e. The largest absolute Gasteiger partial charge is 0.573 e. The molecule has 3 nitrogen and oxygen atoms in total. The fourth-order valence-electron chi connectivity index (χ4n) is 1.48. The number of alkyl halides is 3. The molecule has 6 heteroatoms. The Bertz CT molecular complexity index is 518. The molecule has 1 heterocycles. The Balaban J connectivity index is 2.39. The van der Waals surface area contributed by atoms with Crippen molar-refractivity contribution in [2.24, 2.45) is 0 Å². The van der Waals surface area contributed by atoms with Crippen molar-refractivity contribution in [3.63, 3.8) is 0 Å². The summed E-state index contributed by atoms with van der Waals surface area (Å²) in [6.07, 6.45) is -3.33. The maximum absolute atomic E-state index is 12.2. The maximum atomic E-state index is 12.2. The minimum Gasteiger partial charge on any atom is -0.493 e. The van der Waals surface area contributed by atoms with Crippen LogP contribution in [0.1, 0.15) is 0 Å². The highest BCUT2D eigenvalue weighted by Gasteiger charge is 2.32. The topological polar surface area (TPSA) is 31.6 Å². The quantitative estimate of drug-likeness (QED) is 0.837. The van der Waals surface area contributed by atoms with E-state index in [4.69, 9.17) is 9.15 Å². The lowest BCUT2D eigenvalue weighted by atomic mass is 10.1. The third-order valence-corrected chi connectivity index (χ3v) is 2.20. The van der Waals surface area contributed by atoms with Crippen LogP contribution in [0.15, 0.2) is 41.0 Å². The van der Waals surface area contributed by atoms with Crippen LogP contribution in [0.2, 0.25) is 0 Å². The van der Waals surface area contributed by atoms with Gasteiger partial charge in [0.25, 0.3) is 0 Å². The normalized spacial score (nSPS) is 11.3. The molecule has 0 fully saturated rings. The van der Waals surface area contributed by atoms with Gasteiger partial charge in [0.15, 0.2) is 11.5 Å². The zero-order valence-corrected chi connectivity index (χ0v) is 9.32. The van der Waals surface area contributed by atoms with Crippen LogP contribution < -0.4 is 9.47 Å². The highest BCUT2D eigenvalue weighted by atomic mass is 19.4. The molecule has 2 rings (SSSR count). The van der Waals surface area contributed by atoms with Gasteiger partial charge >= 0.3 is 6.36 Å². The van der Waals surface area contributed by atoms with Gasteiger partial charge in [-0.05, 0) is 30.3 Å². The van der Waals surface area contributed by atoms with Crippen LogP contribution >= 0.6 is 0 Å². The maximum Gasteiger partial charge on any atom is 0.573 e. The standard InChI is InChI=1S/C12H9F3O3/c1-16-10-5-4-8(9-3-2-6-17-9)7-11(10)18-12(13,14)15/h2-7H,1H3. The summed E-state index contributed by atoms with van der Waals surface area (Å²) in [7, 11) is 1.27. The molecule has 0 N–H and O–H groups in total. The van der Waals surface area contributed by atoms with Gasteiger partial charge in [-0.1, -0.05) is 0 Å². The van der Waals surface area contributed by atoms with Crippen LogP contribution in [0, 0.1) is 0 Å². The van der Waals surface area contributed by atoms with Crippen molar-refractivity contribution in [2.75, 3.05) is 7.11 Å². The van der Waals surface area contributed by atoms with Crippen LogP contribution in [-0.4, -0.2) is 13.5 Å². The Morgan fingerprint density at radius 3 is 2.44 bits per heavy atom. The first-order valence-electron chi connectivity index (χ1n) is 4.97. The minimum absolute atomic E-state index is 0.00244. The number of furan rings is 1. The van der Waals surface area contributed by atoms with Gasteiger partial charge in [0.05, 0.1) is 13.4 Å². The van der Waals surface area contributed by atoms with Crippen LogP contribution in [0.5, 0.6) is 11.5 Å². The van der Waals surface area contributed by atoms with Crippen LogP contribution in [0.3, 0.4) is 0 Å². The molecule has 18 heavy (non-hydrogen) atoms. The second kappa shape index (κ2) is 4.64. The lowest BCUT2D eigenvalue weighted by Gasteiger charge is -2.13. The molecular weight excluding hydrogens is 249 g/mol. The molecule has 1 aromatic heterocycles. The summed E-state index contributed by atoms with van der Waals surface area (Å²) >= 11 is 0. The fourth-order valence-corrected chi connectivity index (χ4v) is 1.48. The Hall–Kier alpha value is -2.11. The van der Waals surface area contributed by atoms with E-state index in [1.54, 1.807) is 18.2 Å². The molecule has 0 saturated carbocycles. The van der Waals surface area contributed by atoms with E-state index in [0.717, 1.165) is 0 Å². The van der Waals surface area contributed by atoms with Crippen molar-refractivity contribution in [2.45, 2.75) is 6.36 Å². The SMILES string of the molecule is COc1ccc(-c2ccco2)cc1OC(F)(F)F. The van der Waals surface area contributed by atoms with Crippen LogP contribution in [0.25, 0.3) is 11.3 Å². The minimum atomic E-state index is -4.77. The summed E-state index contributed by atoms with van der Waals surface area (Å²) in [6, 6.07) is 7.47. The Morgan fingerprint density at radius 2 is 1.89 bits per heavy atom. The molecule has 0 aliphatic heterocycles. The Kier molecular flexibility index (Phi) is 3.18. The number of rotatable bonds is 3. The first-order chi connectivity index (χ1) is 8.49. The van der Waals surface area contributed by atoms with Gasteiger partial charge in [0.2, 0.25) is 0 Å². The van der Waals surface area contributed by atoms with Crippen LogP contribution in [-0.2, 0) is 0 Å². The lowest BCUT2D eigenvalue weighted by molar-refractivity contribution is -0.275. The van der Waals surface area contributed by atoms with Gasteiger partial charge in [0, 0.05) is 5.56 Å². The number of hydrogen-bond donors (Lipinski definition) is 0.